The molecule has 162 valence electrons. The van der Waals surface area contributed by atoms with Crippen molar-refractivity contribution in [2.24, 2.45) is 0 Å². The fourth-order valence-corrected chi connectivity index (χ4v) is 3.94. The number of carbonyl (C=O) groups excluding carboxylic acids is 4. The Kier molecular flexibility index (Phi) is 5.97. The van der Waals surface area contributed by atoms with E-state index < -0.39 is 36.6 Å². The van der Waals surface area contributed by atoms with Crippen LogP contribution in [0.25, 0.3) is 0 Å². The van der Waals surface area contributed by atoms with Gasteiger partial charge in [0, 0.05) is 5.56 Å². The van der Waals surface area contributed by atoms with Crippen LogP contribution in [-0.4, -0.2) is 41.7 Å². The van der Waals surface area contributed by atoms with Gasteiger partial charge in [0.15, 0.2) is 6.61 Å². The second-order valence-electron chi connectivity index (χ2n) is 8.17. The first-order valence-corrected chi connectivity index (χ1v) is 10.0. The number of nitrogens with one attached hydrogen (secondary N) is 1. The zero-order chi connectivity index (χ0) is 22.9. The van der Waals surface area contributed by atoms with Gasteiger partial charge >= 0.3 is 12.0 Å². The van der Waals surface area contributed by atoms with Crippen LogP contribution in [0.2, 0.25) is 0 Å². The molecule has 1 heterocycles. The summed E-state index contributed by atoms with van der Waals surface area (Å²) in [5.41, 5.74) is 3.54. The molecule has 0 saturated carbocycles. The number of benzene rings is 2. The summed E-state index contributed by atoms with van der Waals surface area (Å²) in [6, 6.07) is 10.3. The van der Waals surface area contributed by atoms with E-state index in [4.69, 9.17) is 4.74 Å². The van der Waals surface area contributed by atoms with Crippen molar-refractivity contribution in [2.45, 2.75) is 40.2 Å². The van der Waals surface area contributed by atoms with E-state index in [2.05, 4.69) is 5.32 Å². The third kappa shape index (κ3) is 4.35. The van der Waals surface area contributed by atoms with Crippen molar-refractivity contribution in [1.82, 2.24) is 10.2 Å². The number of urea groups is 1. The number of rotatable bonds is 6. The van der Waals surface area contributed by atoms with Gasteiger partial charge in [-0.05, 0) is 51.3 Å². The number of Topliss-reactive ketones (excluding diaryl/α,β-unsaturated/α-hetero) is 1. The number of hydrogen-bond acceptors (Lipinski definition) is 5. The summed E-state index contributed by atoms with van der Waals surface area (Å²) in [5.74, 6) is -1.70. The molecule has 1 saturated heterocycles. The zero-order valence-corrected chi connectivity index (χ0v) is 18.4. The Morgan fingerprint density at radius 2 is 1.55 bits per heavy atom. The smallest absolute Gasteiger partial charge is 0.326 e. The summed E-state index contributed by atoms with van der Waals surface area (Å²) in [5, 5.41) is 2.64. The van der Waals surface area contributed by atoms with Crippen LogP contribution in [0.5, 0.6) is 0 Å². The molecule has 7 nitrogen and oxygen atoms in total. The average molecular weight is 422 g/mol. The molecule has 0 bridgehead atoms. The zero-order valence-electron chi connectivity index (χ0n) is 18.4. The fraction of sp³-hybridized carbons (Fsp3) is 0.333. The molecule has 3 rings (SSSR count). The van der Waals surface area contributed by atoms with Crippen LogP contribution in [0, 0.1) is 27.7 Å². The second kappa shape index (κ2) is 8.34. The van der Waals surface area contributed by atoms with Crippen LogP contribution >= 0.6 is 0 Å². The van der Waals surface area contributed by atoms with Gasteiger partial charge in [-0.2, -0.15) is 0 Å². The van der Waals surface area contributed by atoms with Crippen LogP contribution < -0.4 is 5.32 Å². The van der Waals surface area contributed by atoms with Crippen LogP contribution in [0.3, 0.4) is 0 Å². The molecule has 1 N–H and O–H groups in total. The number of aryl methyl sites for hydroxylation is 4. The Morgan fingerprint density at radius 3 is 2.13 bits per heavy atom. The van der Waals surface area contributed by atoms with Gasteiger partial charge in [-0.1, -0.05) is 47.5 Å². The number of esters is 1. The van der Waals surface area contributed by atoms with E-state index in [1.165, 1.54) is 0 Å². The molecule has 1 atom stereocenters. The molecule has 1 fully saturated rings. The summed E-state index contributed by atoms with van der Waals surface area (Å²) in [4.78, 5) is 50.9. The summed E-state index contributed by atoms with van der Waals surface area (Å²) < 4.78 is 5.08. The maximum absolute atomic E-state index is 12.9. The summed E-state index contributed by atoms with van der Waals surface area (Å²) in [7, 11) is 0. The molecule has 1 aliphatic heterocycles. The highest BCUT2D eigenvalue weighted by Gasteiger charge is 2.49. The SMILES string of the molecule is Cc1ccc([C@@]2(C)NC(=O)N(CC(=O)OCC(=O)c3c(C)cc(C)cc3C)C2=O)cc1. The Morgan fingerprint density at radius 1 is 0.968 bits per heavy atom. The highest BCUT2D eigenvalue weighted by Crippen LogP contribution is 2.29. The van der Waals surface area contributed by atoms with Gasteiger partial charge in [-0.25, -0.2) is 4.79 Å². The first kappa shape index (κ1) is 22.2. The Hall–Kier alpha value is -3.48. The number of hydrogen-bond donors (Lipinski definition) is 1. The molecule has 3 amide bonds. The average Bonchev–Trinajstić information content (AvgIpc) is 2.90. The first-order chi connectivity index (χ1) is 14.5. The van der Waals surface area contributed by atoms with Crippen molar-refractivity contribution in [2.75, 3.05) is 13.2 Å². The minimum absolute atomic E-state index is 0.329. The lowest BCUT2D eigenvalue weighted by atomic mass is 9.91. The molecule has 1 aliphatic rings. The van der Waals surface area contributed by atoms with E-state index in [1.54, 1.807) is 19.1 Å². The molecule has 2 aromatic carbocycles. The van der Waals surface area contributed by atoms with E-state index in [1.807, 2.05) is 52.0 Å². The van der Waals surface area contributed by atoms with Gasteiger partial charge < -0.3 is 10.1 Å². The van der Waals surface area contributed by atoms with Gasteiger partial charge in [0.25, 0.3) is 5.91 Å². The Balaban J connectivity index is 1.65. The highest BCUT2D eigenvalue weighted by molar-refractivity contribution is 6.09. The normalized spacial score (nSPS) is 18.2. The van der Waals surface area contributed by atoms with Crippen LogP contribution in [0.4, 0.5) is 4.79 Å². The van der Waals surface area contributed by atoms with Crippen molar-refractivity contribution in [1.29, 1.82) is 0 Å². The number of imide groups is 1. The van der Waals surface area contributed by atoms with Gasteiger partial charge in [-0.15, -0.1) is 0 Å². The Labute approximate surface area is 181 Å². The number of nitrogens with zero attached hydrogens (tertiary/aromatic N) is 1. The van der Waals surface area contributed by atoms with E-state index in [9.17, 15) is 19.2 Å². The largest absolute Gasteiger partial charge is 0.456 e. The van der Waals surface area contributed by atoms with Crippen molar-refractivity contribution >= 4 is 23.7 Å². The quantitative estimate of drug-likeness (QED) is 0.439. The van der Waals surface area contributed by atoms with Crippen LogP contribution in [0.15, 0.2) is 36.4 Å². The summed E-state index contributed by atoms with van der Waals surface area (Å²) >= 11 is 0. The van der Waals surface area contributed by atoms with Gasteiger partial charge in [0.05, 0.1) is 0 Å². The lowest BCUT2D eigenvalue weighted by Crippen LogP contribution is -2.41. The molecular weight excluding hydrogens is 396 g/mol. The first-order valence-electron chi connectivity index (χ1n) is 10.0. The maximum atomic E-state index is 12.9. The Bertz CT molecular complexity index is 1050. The summed E-state index contributed by atoms with van der Waals surface area (Å²) in [6.45, 7) is 8.09. The van der Waals surface area contributed by atoms with E-state index in [-0.39, 0.29) is 5.78 Å². The van der Waals surface area contributed by atoms with Crippen molar-refractivity contribution < 1.29 is 23.9 Å². The number of amides is 3. The molecule has 31 heavy (non-hydrogen) atoms. The predicted octanol–water partition coefficient (Wildman–Crippen LogP) is 3.11. The molecule has 0 radical (unpaired) electrons. The lowest BCUT2D eigenvalue weighted by Gasteiger charge is -2.22. The summed E-state index contributed by atoms with van der Waals surface area (Å²) in [6.07, 6.45) is 0. The van der Waals surface area contributed by atoms with Crippen LogP contribution in [-0.2, 0) is 19.9 Å². The molecule has 0 aromatic heterocycles. The maximum Gasteiger partial charge on any atom is 0.326 e. The predicted molar refractivity (Wildman–Crippen MR) is 115 cm³/mol. The molecular formula is C24H26N2O5. The van der Waals surface area contributed by atoms with E-state index >= 15 is 0 Å². The van der Waals surface area contributed by atoms with Gasteiger partial charge in [0.1, 0.15) is 12.1 Å². The number of carbonyl (C=O) groups is 4. The molecule has 2 aromatic rings. The molecule has 0 spiro atoms. The molecule has 0 unspecified atom stereocenters. The lowest BCUT2D eigenvalue weighted by molar-refractivity contribution is -0.146. The standard InChI is InChI=1S/C24H26N2O5/c1-14-6-8-18(9-7-14)24(5)22(29)26(23(30)25-24)12-20(28)31-13-19(27)21-16(3)10-15(2)11-17(21)4/h6-11H,12-13H2,1-5H3,(H,25,30)/t24-/m1/s1. The molecule has 0 aliphatic carbocycles. The van der Waals surface area contributed by atoms with Crippen molar-refractivity contribution in [3.05, 3.63) is 69.8 Å². The third-order valence-electron chi connectivity index (χ3n) is 5.51. The van der Waals surface area contributed by atoms with Crippen molar-refractivity contribution in [3.63, 3.8) is 0 Å². The van der Waals surface area contributed by atoms with Crippen molar-refractivity contribution in [3.8, 4) is 0 Å². The van der Waals surface area contributed by atoms with Gasteiger partial charge in [0.2, 0.25) is 5.78 Å². The van der Waals surface area contributed by atoms with E-state index in [0.29, 0.717) is 11.1 Å². The fourth-order valence-electron chi connectivity index (χ4n) is 3.94. The van der Waals surface area contributed by atoms with E-state index in [0.717, 1.165) is 27.2 Å². The molecule has 7 heteroatoms. The number of ketones is 1. The topological polar surface area (TPSA) is 92.8 Å². The minimum atomic E-state index is -1.27. The van der Waals surface area contributed by atoms with Gasteiger partial charge in [-0.3, -0.25) is 19.3 Å². The van der Waals surface area contributed by atoms with Crippen LogP contribution in [0.1, 0.15) is 45.1 Å². The monoisotopic (exact) mass is 422 g/mol. The minimum Gasteiger partial charge on any atom is -0.456 e. The second-order valence-corrected chi connectivity index (χ2v) is 8.17. The number of ether oxygens (including phenoxy) is 1. The third-order valence-corrected chi connectivity index (χ3v) is 5.51. The highest BCUT2D eigenvalue weighted by atomic mass is 16.5.